The zero-order valence-electron chi connectivity index (χ0n) is 17.4. The molecule has 28 heavy (non-hydrogen) atoms. The summed E-state index contributed by atoms with van der Waals surface area (Å²) in [6.07, 6.45) is 0.370. The molecule has 0 fully saturated rings. The van der Waals surface area contributed by atoms with Gasteiger partial charge in [0.05, 0.1) is 6.10 Å². The number of hydrogen-bond acceptors (Lipinski definition) is 4. The Labute approximate surface area is 169 Å². The van der Waals surface area contributed by atoms with Gasteiger partial charge in [0.25, 0.3) is 0 Å². The Hall–Kier alpha value is -2.10. The summed E-state index contributed by atoms with van der Waals surface area (Å²) >= 11 is 0. The second-order valence-electron chi connectivity index (χ2n) is 6.25. The fourth-order valence-electron chi connectivity index (χ4n) is 2.42. The molecule has 5 nitrogen and oxygen atoms in total. The first-order chi connectivity index (χ1) is 13.4. The van der Waals surface area contributed by atoms with Crippen LogP contribution in [0.4, 0.5) is 0 Å². The maximum absolute atomic E-state index is 13.2. The topological polar surface area (TPSA) is 64.6 Å². The number of carbonyl (C=O) groups excluding carboxylic acids is 1. The zero-order valence-corrected chi connectivity index (χ0v) is 18.3. The third kappa shape index (κ3) is 8.28. The predicted molar refractivity (Wildman–Crippen MR) is 115 cm³/mol. The first-order valence-electron chi connectivity index (χ1n) is 9.78. The third-order valence-electron chi connectivity index (χ3n) is 3.68. The highest BCUT2D eigenvalue weighted by Gasteiger charge is 2.31. The normalized spacial score (nSPS) is 13.6. The van der Waals surface area contributed by atoms with Gasteiger partial charge in [0.15, 0.2) is 0 Å². The van der Waals surface area contributed by atoms with Crippen molar-refractivity contribution in [2.24, 2.45) is 0 Å². The quantitative estimate of drug-likeness (QED) is 0.443. The van der Waals surface area contributed by atoms with E-state index in [4.69, 9.17) is 9.26 Å². The van der Waals surface area contributed by atoms with Crippen molar-refractivity contribution in [3.8, 4) is 5.75 Å². The average Bonchev–Trinajstić information content (AvgIpc) is 2.70. The van der Waals surface area contributed by atoms with Gasteiger partial charge in [-0.2, -0.15) is 0 Å². The molecule has 1 unspecified atom stereocenters. The van der Waals surface area contributed by atoms with E-state index in [0.717, 1.165) is 5.56 Å². The molecule has 0 spiro atoms. The lowest BCUT2D eigenvalue weighted by Gasteiger charge is -2.25. The van der Waals surface area contributed by atoms with E-state index in [0.29, 0.717) is 12.2 Å². The minimum absolute atomic E-state index is 0.251. The second kappa shape index (κ2) is 12.4. The van der Waals surface area contributed by atoms with Crippen molar-refractivity contribution in [3.63, 3.8) is 0 Å². The highest BCUT2D eigenvalue weighted by Crippen LogP contribution is 2.43. The maximum Gasteiger partial charge on any atom is 0.324 e. The van der Waals surface area contributed by atoms with E-state index in [9.17, 15) is 9.36 Å². The molecule has 6 heteroatoms. The van der Waals surface area contributed by atoms with Gasteiger partial charge in [0.1, 0.15) is 11.8 Å². The van der Waals surface area contributed by atoms with Crippen LogP contribution in [-0.4, -0.2) is 24.3 Å². The van der Waals surface area contributed by atoms with E-state index in [2.05, 4.69) is 5.09 Å². The molecule has 2 rings (SSSR count). The van der Waals surface area contributed by atoms with Crippen LogP contribution in [0, 0.1) is 0 Å². The van der Waals surface area contributed by atoms with Gasteiger partial charge in [-0.05, 0) is 38.0 Å². The summed E-state index contributed by atoms with van der Waals surface area (Å²) in [7, 11) is -3.26. The Morgan fingerprint density at radius 2 is 1.54 bits per heavy atom. The van der Waals surface area contributed by atoms with Gasteiger partial charge >= 0.3 is 13.5 Å². The first-order valence-corrected chi connectivity index (χ1v) is 11.6. The Morgan fingerprint density at radius 1 is 1.00 bits per heavy atom. The molecule has 0 amide bonds. The largest absolute Gasteiger partial charge is 0.462 e. The summed E-state index contributed by atoms with van der Waals surface area (Å²) in [5.74, 6) is 0.0649. The fraction of sp³-hybridized carbons (Fsp3) is 0.409. The van der Waals surface area contributed by atoms with Gasteiger partial charge < -0.3 is 9.26 Å². The van der Waals surface area contributed by atoms with Crippen LogP contribution < -0.4 is 9.61 Å². The number of rotatable bonds is 9. The Kier molecular flexibility index (Phi) is 10.6. The number of para-hydroxylation sites is 1. The highest BCUT2D eigenvalue weighted by molar-refractivity contribution is 7.57. The molecule has 0 saturated heterocycles. The van der Waals surface area contributed by atoms with E-state index in [1.807, 2.05) is 62.4 Å². The minimum Gasteiger partial charge on any atom is -0.462 e. The van der Waals surface area contributed by atoms with Crippen molar-refractivity contribution >= 4 is 13.5 Å². The summed E-state index contributed by atoms with van der Waals surface area (Å²) in [6, 6.07) is 17.8. The van der Waals surface area contributed by atoms with E-state index < -0.39 is 19.5 Å². The lowest BCUT2D eigenvalue weighted by molar-refractivity contribution is -0.149. The molecule has 2 aromatic carbocycles. The number of carbonyl (C=O) groups is 1. The number of esters is 1. The SMILES string of the molecule is CC.CCP(=O)(N[C@@H](Cc1ccccc1)C(=O)OC(C)C)Oc1ccccc1. The molecule has 0 aliphatic carbocycles. The molecular formula is C22H32NO4P. The molecule has 2 aromatic rings. The van der Waals surface area contributed by atoms with Gasteiger partial charge in [-0.1, -0.05) is 69.3 Å². The highest BCUT2D eigenvalue weighted by atomic mass is 31.2. The predicted octanol–water partition coefficient (Wildman–Crippen LogP) is 5.46. The zero-order chi connectivity index (χ0) is 21.0. The Balaban J connectivity index is 0.00000190. The maximum atomic E-state index is 13.2. The molecule has 0 bridgehead atoms. The Bertz CT molecular complexity index is 735. The van der Waals surface area contributed by atoms with Crippen LogP contribution >= 0.6 is 7.52 Å². The van der Waals surface area contributed by atoms with Crippen LogP contribution in [0.15, 0.2) is 60.7 Å². The van der Waals surface area contributed by atoms with Crippen LogP contribution in [0.3, 0.4) is 0 Å². The molecular weight excluding hydrogens is 373 g/mol. The molecule has 154 valence electrons. The summed E-state index contributed by atoms with van der Waals surface area (Å²) in [6.45, 7) is 9.35. The molecule has 0 heterocycles. The molecule has 0 saturated carbocycles. The molecule has 1 N–H and O–H groups in total. The summed E-state index contributed by atoms with van der Waals surface area (Å²) in [4.78, 5) is 12.5. The van der Waals surface area contributed by atoms with E-state index in [-0.39, 0.29) is 12.3 Å². The van der Waals surface area contributed by atoms with Crippen LogP contribution in [0.2, 0.25) is 0 Å². The van der Waals surface area contributed by atoms with E-state index in [1.54, 1.807) is 32.9 Å². The standard InChI is InChI=1S/C20H26NO4P.C2H6/c1-4-26(23,25-18-13-9-6-10-14-18)21-19(20(22)24-16(2)3)15-17-11-7-5-8-12-17;1-2/h5-14,16,19H,4,15H2,1-3H3,(H,21,23);1-2H3/t19-,26?;/m0./s1. The monoisotopic (exact) mass is 405 g/mol. The molecule has 0 aromatic heterocycles. The van der Waals surface area contributed by atoms with Crippen LogP contribution in [0.25, 0.3) is 0 Å². The van der Waals surface area contributed by atoms with Gasteiger partial charge in [-0.3, -0.25) is 9.36 Å². The first kappa shape index (κ1) is 23.9. The van der Waals surface area contributed by atoms with Crippen molar-refractivity contribution < 1.29 is 18.6 Å². The molecule has 0 aliphatic heterocycles. The lowest BCUT2D eigenvalue weighted by atomic mass is 10.1. The third-order valence-corrected chi connectivity index (χ3v) is 5.73. The van der Waals surface area contributed by atoms with E-state index in [1.165, 1.54) is 0 Å². The fourth-order valence-corrected chi connectivity index (χ4v) is 3.92. The van der Waals surface area contributed by atoms with Crippen LogP contribution in [0.5, 0.6) is 5.75 Å². The summed E-state index contributed by atoms with van der Waals surface area (Å²) in [5.41, 5.74) is 0.952. The molecule has 0 radical (unpaired) electrons. The van der Waals surface area contributed by atoms with E-state index >= 15 is 0 Å². The Morgan fingerprint density at radius 3 is 2.04 bits per heavy atom. The van der Waals surface area contributed by atoms with Crippen molar-refractivity contribution in [3.05, 3.63) is 66.2 Å². The van der Waals surface area contributed by atoms with Crippen LogP contribution in [0.1, 0.15) is 40.2 Å². The summed E-state index contributed by atoms with van der Waals surface area (Å²) in [5, 5.41) is 2.94. The number of ether oxygens (including phenoxy) is 1. The number of hydrogen-bond donors (Lipinski definition) is 1. The number of nitrogens with one attached hydrogen (secondary N) is 1. The van der Waals surface area contributed by atoms with Gasteiger partial charge in [0, 0.05) is 6.16 Å². The lowest BCUT2D eigenvalue weighted by Crippen LogP contribution is -2.40. The van der Waals surface area contributed by atoms with Gasteiger partial charge in [-0.25, -0.2) is 5.09 Å². The van der Waals surface area contributed by atoms with Gasteiger partial charge in [-0.15, -0.1) is 0 Å². The number of benzene rings is 2. The molecule has 2 atom stereocenters. The second-order valence-corrected chi connectivity index (χ2v) is 8.67. The van der Waals surface area contributed by atoms with Crippen LogP contribution in [-0.2, 0) is 20.5 Å². The smallest absolute Gasteiger partial charge is 0.324 e. The van der Waals surface area contributed by atoms with Crippen molar-refractivity contribution in [2.75, 3.05) is 6.16 Å². The average molecular weight is 405 g/mol. The summed E-state index contributed by atoms with van der Waals surface area (Å²) < 4.78 is 24.3. The minimum atomic E-state index is -3.26. The van der Waals surface area contributed by atoms with Crippen molar-refractivity contribution in [1.29, 1.82) is 0 Å². The van der Waals surface area contributed by atoms with Crippen molar-refractivity contribution in [1.82, 2.24) is 5.09 Å². The van der Waals surface area contributed by atoms with Crippen molar-refractivity contribution in [2.45, 2.75) is 53.2 Å². The van der Waals surface area contributed by atoms with Gasteiger partial charge in [0.2, 0.25) is 0 Å². The molecule has 0 aliphatic rings.